The summed E-state index contributed by atoms with van der Waals surface area (Å²) in [5, 5.41) is 13.9. The highest BCUT2D eigenvalue weighted by molar-refractivity contribution is 5.38. The van der Waals surface area contributed by atoms with Crippen LogP contribution in [0.4, 0.5) is 0 Å². The Hall–Kier alpha value is -1.88. The number of aliphatic hydroxyl groups excluding tert-OH is 1. The molecule has 122 valence electrons. The van der Waals surface area contributed by atoms with Crippen LogP contribution in [0, 0.1) is 6.92 Å². The van der Waals surface area contributed by atoms with Crippen LogP contribution >= 0.6 is 0 Å². The van der Waals surface area contributed by atoms with Gasteiger partial charge in [-0.3, -0.25) is 4.90 Å². The fourth-order valence-corrected chi connectivity index (χ4v) is 2.95. The van der Waals surface area contributed by atoms with Crippen molar-refractivity contribution in [2.75, 3.05) is 32.7 Å². The Morgan fingerprint density at radius 1 is 1.09 bits per heavy atom. The van der Waals surface area contributed by atoms with E-state index < -0.39 is 6.10 Å². The summed E-state index contributed by atoms with van der Waals surface area (Å²) in [4.78, 5) is 2.30. The summed E-state index contributed by atoms with van der Waals surface area (Å²) in [7, 11) is 0. The van der Waals surface area contributed by atoms with Gasteiger partial charge in [-0.25, -0.2) is 0 Å². The van der Waals surface area contributed by atoms with Crippen LogP contribution in [-0.2, 0) is 0 Å². The molecule has 1 fully saturated rings. The minimum absolute atomic E-state index is 0.459. The Labute approximate surface area is 137 Å². The molecule has 1 atom stereocenters. The van der Waals surface area contributed by atoms with E-state index in [1.54, 1.807) is 0 Å². The molecule has 2 aromatic carbocycles. The zero-order chi connectivity index (χ0) is 16.1. The first-order valence-electron chi connectivity index (χ1n) is 8.17. The van der Waals surface area contributed by atoms with Crippen molar-refractivity contribution >= 4 is 0 Å². The maximum atomic E-state index is 10.5. The van der Waals surface area contributed by atoms with Crippen LogP contribution in [0.25, 0.3) is 0 Å². The van der Waals surface area contributed by atoms with Gasteiger partial charge in [0.25, 0.3) is 0 Å². The van der Waals surface area contributed by atoms with E-state index in [4.69, 9.17) is 4.74 Å². The molecule has 0 saturated carbocycles. The number of aliphatic hydroxyl groups is 1. The van der Waals surface area contributed by atoms with Crippen LogP contribution in [0.2, 0.25) is 0 Å². The van der Waals surface area contributed by atoms with Gasteiger partial charge in [-0.15, -0.1) is 0 Å². The third-order valence-electron chi connectivity index (χ3n) is 4.22. The molecule has 1 unspecified atom stereocenters. The van der Waals surface area contributed by atoms with Crippen molar-refractivity contribution in [2.24, 2.45) is 0 Å². The summed E-state index contributed by atoms with van der Waals surface area (Å²) in [5.41, 5.74) is 2.03. The topological polar surface area (TPSA) is 44.7 Å². The summed E-state index contributed by atoms with van der Waals surface area (Å²) in [6.07, 6.45) is -0.459. The first kappa shape index (κ1) is 16.0. The molecule has 0 spiro atoms. The second-order valence-electron chi connectivity index (χ2n) is 6.00. The van der Waals surface area contributed by atoms with Crippen LogP contribution in [0.15, 0.2) is 48.5 Å². The van der Waals surface area contributed by atoms with Crippen LogP contribution in [0.1, 0.15) is 17.2 Å². The summed E-state index contributed by atoms with van der Waals surface area (Å²) < 4.78 is 5.84. The molecule has 1 aliphatic heterocycles. The summed E-state index contributed by atoms with van der Waals surface area (Å²) in [6, 6.07) is 15.6. The molecule has 0 aliphatic carbocycles. The minimum atomic E-state index is -0.459. The first-order valence-corrected chi connectivity index (χ1v) is 8.17. The lowest BCUT2D eigenvalue weighted by molar-refractivity contribution is 0.105. The molecule has 1 aliphatic rings. The monoisotopic (exact) mass is 312 g/mol. The predicted octanol–water partition coefficient (Wildman–Crippen LogP) is 2.73. The molecule has 0 bridgehead atoms. The van der Waals surface area contributed by atoms with Gasteiger partial charge in [0.15, 0.2) is 0 Å². The number of piperazine rings is 1. The second kappa shape index (κ2) is 7.59. The van der Waals surface area contributed by atoms with Crippen molar-refractivity contribution in [1.82, 2.24) is 10.2 Å². The van der Waals surface area contributed by atoms with Crippen molar-refractivity contribution in [1.29, 1.82) is 0 Å². The Balaban J connectivity index is 1.66. The highest BCUT2D eigenvalue weighted by Crippen LogP contribution is 2.26. The molecule has 3 rings (SSSR count). The fraction of sp³-hybridized carbons (Fsp3) is 0.368. The van der Waals surface area contributed by atoms with Crippen LogP contribution < -0.4 is 10.1 Å². The van der Waals surface area contributed by atoms with E-state index in [0.29, 0.717) is 6.54 Å². The van der Waals surface area contributed by atoms with Gasteiger partial charge in [0, 0.05) is 32.7 Å². The van der Waals surface area contributed by atoms with E-state index in [2.05, 4.69) is 10.2 Å². The van der Waals surface area contributed by atoms with Crippen molar-refractivity contribution in [3.63, 3.8) is 0 Å². The molecule has 23 heavy (non-hydrogen) atoms. The van der Waals surface area contributed by atoms with Gasteiger partial charge >= 0.3 is 0 Å². The predicted molar refractivity (Wildman–Crippen MR) is 92.0 cm³/mol. The highest BCUT2D eigenvalue weighted by atomic mass is 16.5. The Bertz CT molecular complexity index is 625. The molecule has 4 nitrogen and oxygen atoms in total. The third kappa shape index (κ3) is 4.32. The number of nitrogens with one attached hydrogen (secondary N) is 1. The molecular weight excluding hydrogens is 288 g/mol. The average Bonchev–Trinajstić information content (AvgIpc) is 2.57. The summed E-state index contributed by atoms with van der Waals surface area (Å²) >= 11 is 0. The fourth-order valence-electron chi connectivity index (χ4n) is 2.95. The van der Waals surface area contributed by atoms with Gasteiger partial charge in [-0.05, 0) is 42.3 Å². The number of hydrogen-bond donors (Lipinski definition) is 2. The van der Waals surface area contributed by atoms with Crippen LogP contribution in [-0.4, -0.2) is 42.7 Å². The molecule has 0 aromatic heterocycles. The van der Waals surface area contributed by atoms with Gasteiger partial charge in [-0.2, -0.15) is 0 Å². The zero-order valence-corrected chi connectivity index (χ0v) is 13.5. The molecule has 2 N–H and O–H groups in total. The van der Waals surface area contributed by atoms with E-state index in [0.717, 1.165) is 48.8 Å². The molecule has 1 saturated heterocycles. The van der Waals surface area contributed by atoms with Crippen molar-refractivity contribution < 1.29 is 9.84 Å². The lowest BCUT2D eigenvalue weighted by atomic mass is 10.0. The molecule has 2 aromatic rings. The quantitative estimate of drug-likeness (QED) is 0.891. The number of hydrogen-bond acceptors (Lipinski definition) is 4. The standard InChI is InChI=1S/C19H24N2O2/c1-15-13-17(23-16-5-3-2-4-6-16)7-8-18(15)19(22)14-21-11-9-20-10-12-21/h2-8,13,19-20,22H,9-12,14H2,1H3. The lowest BCUT2D eigenvalue weighted by Crippen LogP contribution is -2.45. The van der Waals surface area contributed by atoms with Gasteiger partial charge < -0.3 is 15.2 Å². The number of benzene rings is 2. The summed E-state index contributed by atoms with van der Waals surface area (Å²) in [5.74, 6) is 1.62. The molecule has 4 heteroatoms. The number of β-amino-alcohol motifs (C(OH)–C–C–N with tert-alkyl or cyclic N) is 1. The van der Waals surface area contributed by atoms with E-state index in [-0.39, 0.29) is 0 Å². The molecular formula is C19H24N2O2. The molecule has 0 amide bonds. The molecule has 1 heterocycles. The van der Waals surface area contributed by atoms with Crippen LogP contribution in [0.5, 0.6) is 11.5 Å². The van der Waals surface area contributed by atoms with Gasteiger partial charge in [0.1, 0.15) is 11.5 Å². The summed E-state index contributed by atoms with van der Waals surface area (Å²) in [6.45, 7) is 6.68. The maximum absolute atomic E-state index is 10.5. The van der Waals surface area contributed by atoms with E-state index in [1.807, 2.05) is 55.5 Å². The highest BCUT2D eigenvalue weighted by Gasteiger charge is 2.17. The Kier molecular flexibility index (Phi) is 5.28. The number of para-hydroxylation sites is 1. The van der Waals surface area contributed by atoms with E-state index in [9.17, 15) is 5.11 Å². The lowest BCUT2D eigenvalue weighted by Gasteiger charge is -2.29. The second-order valence-corrected chi connectivity index (χ2v) is 6.00. The van der Waals surface area contributed by atoms with E-state index >= 15 is 0 Å². The largest absolute Gasteiger partial charge is 0.457 e. The van der Waals surface area contributed by atoms with Crippen LogP contribution in [0.3, 0.4) is 0 Å². The SMILES string of the molecule is Cc1cc(Oc2ccccc2)ccc1C(O)CN1CCNCC1. The number of ether oxygens (including phenoxy) is 1. The van der Waals surface area contributed by atoms with Gasteiger partial charge in [-0.1, -0.05) is 24.3 Å². The first-order chi connectivity index (χ1) is 11.2. The Morgan fingerprint density at radius 2 is 1.83 bits per heavy atom. The van der Waals surface area contributed by atoms with Crippen molar-refractivity contribution in [2.45, 2.75) is 13.0 Å². The van der Waals surface area contributed by atoms with Crippen molar-refractivity contribution in [3.8, 4) is 11.5 Å². The average molecular weight is 312 g/mol. The van der Waals surface area contributed by atoms with Crippen molar-refractivity contribution in [3.05, 3.63) is 59.7 Å². The number of nitrogens with zero attached hydrogens (tertiary/aromatic N) is 1. The molecule has 0 radical (unpaired) electrons. The smallest absolute Gasteiger partial charge is 0.127 e. The normalized spacial score (nSPS) is 17.0. The van der Waals surface area contributed by atoms with Gasteiger partial charge in [0.05, 0.1) is 6.10 Å². The minimum Gasteiger partial charge on any atom is -0.457 e. The number of rotatable bonds is 5. The zero-order valence-electron chi connectivity index (χ0n) is 13.5. The Morgan fingerprint density at radius 3 is 2.52 bits per heavy atom. The maximum Gasteiger partial charge on any atom is 0.127 e. The third-order valence-corrected chi connectivity index (χ3v) is 4.22. The number of aryl methyl sites for hydroxylation is 1. The van der Waals surface area contributed by atoms with Gasteiger partial charge in [0.2, 0.25) is 0 Å². The van der Waals surface area contributed by atoms with E-state index in [1.165, 1.54) is 0 Å².